The largest absolute Gasteiger partial charge is 0.497 e. The van der Waals surface area contributed by atoms with Gasteiger partial charge in [0.25, 0.3) is 10.0 Å². The Bertz CT molecular complexity index is 1450. The highest BCUT2D eigenvalue weighted by atomic mass is 32.2. The van der Waals surface area contributed by atoms with Gasteiger partial charge in [-0.2, -0.15) is 0 Å². The Kier molecular flexibility index (Phi) is 6.09. The zero-order valence-electron chi connectivity index (χ0n) is 19.8. The van der Waals surface area contributed by atoms with E-state index in [0.717, 1.165) is 23.2 Å². The summed E-state index contributed by atoms with van der Waals surface area (Å²) in [6.07, 6.45) is 5.07. The van der Waals surface area contributed by atoms with Crippen LogP contribution in [0.4, 0.5) is 11.4 Å². The summed E-state index contributed by atoms with van der Waals surface area (Å²) < 4.78 is 39.8. The first-order chi connectivity index (χ1) is 17.3. The molecule has 3 atom stereocenters. The fourth-order valence-electron chi connectivity index (χ4n) is 5.00. The van der Waals surface area contributed by atoms with Gasteiger partial charge in [-0.3, -0.25) is 4.72 Å². The van der Waals surface area contributed by atoms with Crippen LogP contribution >= 0.6 is 0 Å². The summed E-state index contributed by atoms with van der Waals surface area (Å²) in [5, 5.41) is 12.8. The van der Waals surface area contributed by atoms with E-state index in [1.807, 2.05) is 12.1 Å². The number of allylic oxidation sites excluding steroid dienone is 2. The lowest BCUT2D eigenvalue weighted by Gasteiger charge is -2.37. The molecule has 0 amide bonds. The molecule has 9 heteroatoms. The second-order valence-corrected chi connectivity index (χ2v) is 10.5. The average molecular weight is 507 g/mol. The first-order valence-corrected chi connectivity index (χ1v) is 12.9. The van der Waals surface area contributed by atoms with Gasteiger partial charge in [-0.05, 0) is 65.9 Å². The number of carboxylic acid groups (broad SMARTS) is 1. The molecule has 0 radical (unpaired) electrons. The van der Waals surface area contributed by atoms with Crippen molar-refractivity contribution in [2.75, 3.05) is 24.3 Å². The molecule has 0 saturated heterocycles. The van der Waals surface area contributed by atoms with Crippen molar-refractivity contribution >= 4 is 27.4 Å². The number of carboxylic acids is 1. The van der Waals surface area contributed by atoms with Crippen LogP contribution in [0.1, 0.15) is 39.9 Å². The predicted molar refractivity (Wildman–Crippen MR) is 137 cm³/mol. The molecule has 5 rings (SSSR count). The molecule has 0 aromatic heterocycles. The van der Waals surface area contributed by atoms with Gasteiger partial charge < -0.3 is 19.9 Å². The van der Waals surface area contributed by atoms with Crippen LogP contribution in [-0.2, 0) is 10.0 Å². The lowest BCUT2D eigenvalue weighted by atomic mass is 9.77. The Balaban J connectivity index is 1.47. The van der Waals surface area contributed by atoms with Gasteiger partial charge in [0.2, 0.25) is 0 Å². The number of hydrogen-bond acceptors (Lipinski definition) is 6. The number of ether oxygens (including phenoxy) is 2. The summed E-state index contributed by atoms with van der Waals surface area (Å²) in [6.45, 7) is 0. The van der Waals surface area contributed by atoms with Gasteiger partial charge in [0.1, 0.15) is 11.5 Å². The molecule has 0 unspecified atom stereocenters. The van der Waals surface area contributed by atoms with Gasteiger partial charge in [0, 0.05) is 17.7 Å². The van der Waals surface area contributed by atoms with E-state index in [4.69, 9.17) is 9.47 Å². The zero-order chi connectivity index (χ0) is 25.4. The van der Waals surface area contributed by atoms with Crippen LogP contribution in [0.2, 0.25) is 0 Å². The summed E-state index contributed by atoms with van der Waals surface area (Å²) in [7, 11) is -0.920. The third-order valence-electron chi connectivity index (χ3n) is 6.81. The van der Waals surface area contributed by atoms with Crippen molar-refractivity contribution in [2.45, 2.75) is 23.3 Å². The van der Waals surface area contributed by atoms with Crippen LogP contribution in [0.3, 0.4) is 0 Å². The molecule has 3 N–H and O–H groups in total. The van der Waals surface area contributed by atoms with Gasteiger partial charge in [0.15, 0.2) is 0 Å². The van der Waals surface area contributed by atoms with E-state index in [1.165, 1.54) is 14.2 Å². The maximum absolute atomic E-state index is 13.3. The minimum atomic E-state index is -3.90. The topological polar surface area (TPSA) is 114 Å². The molecule has 1 aliphatic carbocycles. The quantitative estimate of drug-likeness (QED) is 0.385. The Labute approximate surface area is 209 Å². The first-order valence-electron chi connectivity index (χ1n) is 11.5. The summed E-state index contributed by atoms with van der Waals surface area (Å²) in [5.41, 5.74) is 3.29. The fourth-order valence-corrected chi connectivity index (χ4v) is 6.10. The Hall–Kier alpha value is -3.98. The van der Waals surface area contributed by atoms with E-state index < -0.39 is 16.0 Å². The lowest BCUT2D eigenvalue weighted by Crippen LogP contribution is -2.29. The highest BCUT2D eigenvalue weighted by molar-refractivity contribution is 7.92. The molecule has 0 fully saturated rings. The van der Waals surface area contributed by atoms with Crippen LogP contribution in [0.15, 0.2) is 77.7 Å². The molecule has 3 aromatic rings. The zero-order valence-corrected chi connectivity index (χ0v) is 20.6. The summed E-state index contributed by atoms with van der Waals surface area (Å²) in [4.78, 5) is 11.4. The van der Waals surface area contributed by atoms with Crippen LogP contribution in [0, 0.1) is 5.92 Å². The number of aromatic carboxylic acids is 1. The first kappa shape index (κ1) is 23.7. The number of rotatable bonds is 7. The van der Waals surface area contributed by atoms with Crippen molar-refractivity contribution in [3.8, 4) is 11.5 Å². The fraction of sp³-hybridized carbons (Fsp3) is 0.222. The molecule has 8 nitrogen and oxygen atoms in total. The van der Waals surface area contributed by atoms with Crippen molar-refractivity contribution in [2.24, 2.45) is 5.92 Å². The van der Waals surface area contributed by atoms with E-state index in [2.05, 4.69) is 22.2 Å². The average Bonchev–Trinajstić information content (AvgIpc) is 3.38. The SMILES string of the molecule is COc1ccc(OC)c(NS(=O)(=O)c2ccc3c(c2)[C@H]2C=CC[C@H]2[C@@H](c2ccc(C(=O)O)cc2)N3)c1. The maximum atomic E-state index is 13.3. The summed E-state index contributed by atoms with van der Waals surface area (Å²) in [6, 6.07) is 16.9. The maximum Gasteiger partial charge on any atom is 0.335 e. The third kappa shape index (κ3) is 4.26. The van der Waals surface area contributed by atoms with E-state index >= 15 is 0 Å². The molecule has 186 valence electrons. The van der Waals surface area contributed by atoms with Crippen LogP contribution in [0.5, 0.6) is 11.5 Å². The monoisotopic (exact) mass is 506 g/mol. The minimum Gasteiger partial charge on any atom is -0.497 e. The highest BCUT2D eigenvalue weighted by Crippen LogP contribution is 2.50. The van der Waals surface area contributed by atoms with Crippen molar-refractivity contribution in [1.29, 1.82) is 0 Å². The Morgan fingerprint density at radius 1 is 1.03 bits per heavy atom. The van der Waals surface area contributed by atoms with Gasteiger partial charge >= 0.3 is 5.97 Å². The van der Waals surface area contributed by atoms with Crippen molar-refractivity contribution in [3.63, 3.8) is 0 Å². The number of anilines is 2. The van der Waals surface area contributed by atoms with E-state index in [1.54, 1.807) is 48.5 Å². The van der Waals surface area contributed by atoms with Crippen molar-refractivity contribution in [1.82, 2.24) is 0 Å². The Morgan fingerprint density at radius 3 is 2.50 bits per heavy atom. The molecular formula is C27H26N2O6S. The van der Waals surface area contributed by atoms with Crippen LogP contribution < -0.4 is 19.5 Å². The number of nitrogens with one attached hydrogen (secondary N) is 2. The Morgan fingerprint density at radius 2 is 1.81 bits per heavy atom. The number of sulfonamides is 1. The number of fused-ring (bicyclic) bond motifs is 3. The molecule has 2 aliphatic rings. The normalized spacial score (nSPS) is 20.1. The molecule has 1 heterocycles. The molecule has 0 spiro atoms. The minimum absolute atomic E-state index is 0.0260. The number of carbonyl (C=O) groups is 1. The van der Waals surface area contributed by atoms with Gasteiger partial charge in [-0.1, -0.05) is 24.3 Å². The van der Waals surface area contributed by atoms with E-state index in [-0.39, 0.29) is 34.0 Å². The molecular weight excluding hydrogens is 480 g/mol. The molecule has 3 aromatic carbocycles. The molecule has 36 heavy (non-hydrogen) atoms. The number of benzene rings is 3. The van der Waals surface area contributed by atoms with E-state index in [0.29, 0.717) is 11.5 Å². The van der Waals surface area contributed by atoms with Gasteiger partial charge in [0.05, 0.1) is 36.4 Å². The summed E-state index contributed by atoms with van der Waals surface area (Å²) in [5.74, 6) is 0.140. The highest BCUT2D eigenvalue weighted by Gasteiger charge is 2.38. The van der Waals surface area contributed by atoms with Crippen LogP contribution in [-0.4, -0.2) is 33.7 Å². The van der Waals surface area contributed by atoms with Gasteiger partial charge in [-0.15, -0.1) is 0 Å². The molecule has 0 bridgehead atoms. The van der Waals surface area contributed by atoms with E-state index in [9.17, 15) is 18.3 Å². The smallest absolute Gasteiger partial charge is 0.335 e. The number of methoxy groups -OCH3 is 2. The lowest BCUT2D eigenvalue weighted by molar-refractivity contribution is 0.0697. The second kappa shape index (κ2) is 9.23. The second-order valence-electron chi connectivity index (χ2n) is 8.82. The van der Waals surface area contributed by atoms with Crippen LogP contribution in [0.25, 0.3) is 0 Å². The van der Waals surface area contributed by atoms with Crippen molar-refractivity contribution in [3.05, 3.63) is 89.5 Å². The molecule has 0 saturated carbocycles. The standard InChI is InChI=1S/C27H26N2O6S/c1-34-18-10-13-25(35-2)24(14-18)29-36(32,33)19-11-12-23-22(15-19)20-4-3-5-21(20)26(28-23)16-6-8-17(9-7-16)27(30)31/h3-4,6-15,20-21,26,28-29H,5H2,1-2H3,(H,30,31)/t20-,21+,26+/m0/s1. The van der Waals surface area contributed by atoms with Gasteiger partial charge in [-0.25, -0.2) is 13.2 Å². The predicted octanol–water partition coefficient (Wildman–Crippen LogP) is 5.03. The summed E-state index contributed by atoms with van der Waals surface area (Å²) >= 11 is 0. The van der Waals surface area contributed by atoms with Crippen molar-refractivity contribution < 1.29 is 27.8 Å². The number of hydrogen-bond donors (Lipinski definition) is 3. The third-order valence-corrected chi connectivity index (χ3v) is 8.18. The molecule has 1 aliphatic heterocycles.